The van der Waals surface area contributed by atoms with Crippen LogP contribution >= 0.6 is 15.9 Å². The van der Waals surface area contributed by atoms with Crippen LogP contribution in [0.5, 0.6) is 5.75 Å². The number of aromatic nitrogens is 2. The molecule has 0 amide bonds. The molecule has 0 N–H and O–H groups in total. The van der Waals surface area contributed by atoms with Crippen LogP contribution in [0.3, 0.4) is 0 Å². The van der Waals surface area contributed by atoms with Crippen LogP contribution < -0.4 is 4.74 Å². The van der Waals surface area contributed by atoms with Gasteiger partial charge in [-0.2, -0.15) is 0 Å². The van der Waals surface area contributed by atoms with E-state index in [2.05, 4.69) is 33.1 Å². The standard InChI is InChI=1S/C29H39BrN2O2/c1-2-3-4-5-6-7-8-9-10-11-12-13-14-23-33-27-21-17-25(18-22-27)29-32-31-28(34-29)24-15-19-26(30)20-16-24/h15-22H,2-14,23H2,1H3. The van der Waals surface area contributed by atoms with Crippen molar-refractivity contribution in [2.24, 2.45) is 0 Å². The fraction of sp³-hybridized carbons (Fsp3) is 0.517. The van der Waals surface area contributed by atoms with Crippen LogP contribution in [-0.4, -0.2) is 16.8 Å². The first kappa shape index (κ1) is 26.5. The first-order chi connectivity index (χ1) is 16.8. The van der Waals surface area contributed by atoms with E-state index in [0.29, 0.717) is 11.8 Å². The summed E-state index contributed by atoms with van der Waals surface area (Å²) < 4.78 is 12.8. The second-order valence-corrected chi connectivity index (χ2v) is 9.95. The van der Waals surface area contributed by atoms with Crippen molar-refractivity contribution >= 4 is 15.9 Å². The molecule has 0 aliphatic carbocycles. The second-order valence-electron chi connectivity index (χ2n) is 9.03. The normalized spacial score (nSPS) is 11.1. The molecular weight excluding hydrogens is 488 g/mol. The van der Waals surface area contributed by atoms with Crippen molar-refractivity contribution < 1.29 is 9.15 Å². The topological polar surface area (TPSA) is 48.2 Å². The monoisotopic (exact) mass is 526 g/mol. The number of unbranched alkanes of at least 4 members (excludes halogenated alkanes) is 12. The smallest absolute Gasteiger partial charge is 0.248 e. The highest BCUT2D eigenvalue weighted by Crippen LogP contribution is 2.26. The maximum atomic E-state index is 5.91. The van der Waals surface area contributed by atoms with Gasteiger partial charge in [-0.3, -0.25) is 0 Å². The Kier molecular flexibility index (Phi) is 12.2. The van der Waals surface area contributed by atoms with Gasteiger partial charge in [0.1, 0.15) is 5.75 Å². The third kappa shape index (κ3) is 9.61. The summed E-state index contributed by atoms with van der Waals surface area (Å²) in [6.07, 6.45) is 17.7. The Morgan fingerprint density at radius 3 is 1.56 bits per heavy atom. The Bertz CT molecular complexity index is 922. The molecule has 0 spiro atoms. The van der Waals surface area contributed by atoms with Gasteiger partial charge in [0.2, 0.25) is 11.8 Å². The Hall–Kier alpha value is -2.14. The molecule has 0 atom stereocenters. The molecule has 0 bridgehead atoms. The Labute approximate surface area is 213 Å². The van der Waals surface area contributed by atoms with Gasteiger partial charge in [0.05, 0.1) is 6.61 Å². The SMILES string of the molecule is CCCCCCCCCCCCCCCOc1ccc(-c2nnc(-c3ccc(Br)cc3)o2)cc1. The zero-order valence-electron chi connectivity index (χ0n) is 20.6. The highest BCUT2D eigenvalue weighted by Gasteiger charge is 2.10. The molecule has 1 aromatic heterocycles. The minimum atomic E-state index is 0.515. The van der Waals surface area contributed by atoms with Gasteiger partial charge in [-0.15, -0.1) is 10.2 Å². The molecule has 0 radical (unpaired) electrons. The van der Waals surface area contributed by atoms with Crippen LogP contribution in [0.4, 0.5) is 0 Å². The molecule has 34 heavy (non-hydrogen) atoms. The minimum absolute atomic E-state index is 0.515. The van der Waals surface area contributed by atoms with Crippen molar-refractivity contribution in [2.45, 2.75) is 90.4 Å². The number of rotatable bonds is 17. The third-order valence-electron chi connectivity index (χ3n) is 6.13. The zero-order chi connectivity index (χ0) is 23.8. The Morgan fingerprint density at radius 2 is 1.06 bits per heavy atom. The first-order valence-electron chi connectivity index (χ1n) is 13.1. The van der Waals surface area contributed by atoms with Crippen LogP contribution in [0.25, 0.3) is 22.9 Å². The van der Waals surface area contributed by atoms with Crippen LogP contribution in [0, 0.1) is 0 Å². The van der Waals surface area contributed by atoms with E-state index in [-0.39, 0.29) is 0 Å². The molecule has 0 unspecified atom stereocenters. The predicted molar refractivity (Wildman–Crippen MR) is 144 cm³/mol. The van der Waals surface area contributed by atoms with E-state index < -0.39 is 0 Å². The zero-order valence-corrected chi connectivity index (χ0v) is 22.2. The van der Waals surface area contributed by atoms with Gasteiger partial charge >= 0.3 is 0 Å². The van der Waals surface area contributed by atoms with E-state index >= 15 is 0 Å². The third-order valence-corrected chi connectivity index (χ3v) is 6.66. The van der Waals surface area contributed by atoms with Gasteiger partial charge in [0, 0.05) is 15.6 Å². The number of benzene rings is 2. The fourth-order valence-corrected chi connectivity index (χ4v) is 4.32. The summed E-state index contributed by atoms with van der Waals surface area (Å²) in [7, 11) is 0. The van der Waals surface area contributed by atoms with Crippen molar-refractivity contribution in [2.75, 3.05) is 6.61 Å². The molecular formula is C29H39BrN2O2. The highest BCUT2D eigenvalue weighted by atomic mass is 79.9. The number of nitrogens with zero attached hydrogens (tertiary/aromatic N) is 2. The van der Waals surface area contributed by atoms with Gasteiger partial charge < -0.3 is 9.15 Å². The van der Waals surface area contributed by atoms with Crippen LogP contribution in [0.1, 0.15) is 90.4 Å². The molecule has 5 heteroatoms. The maximum Gasteiger partial charge on any atom is 0.248 e. The molecule has 1 heterocycles. The molecule has 0 aliphatic heterocycles. The maximum absolute atomic E-state index is 5.91. The quantitative estimate of drug-likeness (QED) is 0.164. The molecule has 184 valence electrons. The average molecular weight is 528 g/mol. The van der Waals surface area contributed by atoms with Gasteiger partial charge in [0.15, 0.2) is 0 Å². The summed E-state index contributed by atoms with van der Waals surface area (Å²) in [5.74, 6) is 1.92. The van der Waals surface area contributed by atoms with E-state index in [0.717, 1.165) is 34.4 Å². The van der Waals surface area contributed by atoms with Gasteiger partial charge in [-0.1, -0.05) is 99.9 Å². The molecule has 3 rings (SSSR count). The number of halogens is 1. The molecule has 3 aromatic rings. The summed E-state index contributed by atoms with van der Waals surface area (Å²) in [6.45, 7) is 3.05. The summed E-state index contributed by atoms with van der Waals surface area (Å²) in [4.78, 5) is 0. The summed E-state index contributed by atoms with van der Waals surface area (Å²) >= 11 is 3.44. The summed E-state index contributed by atoms with van der Waals surface area (Å²) in [5.41, 5.74) is 1.80. The summed E-state index contributed by atoms with van der Waals surface area (Å²) in [6, 6.07) is 15.7. The van der Waals surface area contributed by atoms with Gasteiger partial charge in [-0.05, 0) is 55.0 Å². The lowest BCUT2D eigenvalue weighted by atomic mass is 10.0. The van der Waals surface area contributed by atoms with Crippen molar-refractivity contribution in [3.8, 4) is 28.7 Å². The first-order valence-corrected chi connectivity index (χ1v) is 13.9. The van der Waals surface area contributed by atoms with Gasteiger partial charge in [0.25, 0.3) is 0 Å². The number of hydrogen-bond acceptors (Lipinski definition) is 4. The average Bonchev–Trinajstić information content (AvgIpc) is 3.35. The largest absolute Gasteiger partial charge is 0.494 e. The van der Waals surface area contributed by atoms with E-state index in [9.17, 15) is 0 Å². The minimum Gasteiger partial charge on any atom is -0.494 e. The van der Waals surface area contributed by atoms with Crippen molar-refractivity contribution in [1.29, 1.82) is 0 Å². The van der Waals surface area contributed by atoms with Crippen molar-refractivity contribution in [3.05, 3.63) is 53.0 Å². The lowest BCUT2D eigenvalue weighted by Gasteiger charge is -2.07. The second kappa shape index (κ2) is 15.7. The van der Waals surface area contributed by atoms with Crippen LogP contribution in [0.2, 0.25) is 0 Å². The van der Waals surface area contributed by atoms with Crippen LogP contribution in [-0.2, 0) is 0 Å². The molecule has 0 aliphatic rings. The van der Waals surface area contributed by atoms with E-state index in [4.69, 9.17) is 9.15 Å². The predicted octanol–water partition coefficient (Wildman–Crippen LogP) is 9.64. The van der Waals surface area contributed by atoms with Gasteiger partial charge in [-0.25, -0.2) is 0 Å². The van der Waals surface area contributed by atoms with Crippen molar-refractivity contribution in [3.63, 3.8) is 0 Å². The lowest BCUT2D eigenvalue weighted by molar-refractivity contribution is 0.304. The summed E-state index contributed by atoms with van der Waals surface area (Å²) in [5, 5.41) is 8.36. The molecule has 0 saturated carbocycles. The van der Waals surface area contributed by atoms with E-state index in [1.54, 1.807) is 0 Å². The molecule has 0 saturated heterocycles. The van der Waals surface area contributed by atoms with E-state index in [1.165, 1.54) is 77.0 Å². The van der Waals surface area contributed by atoms with E-state index in [1.807, 2.05) is 48.5 Å². The number of ether oxygens (including phenoxy) is 1. The molecule has 2 aromatic carbocycles. The Balaban J connectivity index is 1.24. The van der Waals surface area contributed by atoms with Crippen LogP contribution in [0.15, 0.2) is 57.4 Å². The van der Waals surface area contributed by atoms with Crippen molar-refractivity contribution in [1.82, 2.24) is 10.2 Å². The lowest BCUT2D eigenvalue weighted by Crippen LogP contribution is -1.97. The number of hydrogen-bond donors (Lipinski definition) is 0. The highest BCUT2D eigenvalue weighted by molar-refractivity contribution is 9.10. The Morgan fingerprint density at radius 1 is 0.618 bits per heavy atom. The fourth-order valence-electron chi connectivity index (χ4n) is 4.05. The molecule has 0 fully saturated rings. The molecule has 4 nitrogen and oxygen atoms in total.